The van der Waals surface area contributed by atoms with Crippen molar-refractivity contribution in [1.82, 2.24) is 29.7 Å². The zero-order chi connectivity index (χ0) is 19.8. The minimum absolute atomic E-state index is 0.0657. The number of rotatable bonds is 5. The molecule has 1 saturated carbocycles. The predicted molar refractivity (Wildman–Crippen MR) is 106 cm³/mol. The maximum absolute atomic E-state index is 13.1. The summed E-state index contributed by atoms with van der Waals surface area (Å²) in [5.41, 5.74) is 1.97. The van der Waals surface area contributed by atoms with E-state index >= 15 is 0 Å². The second-order valence-electron chi connectivity index (χ2n) is 7.70. The highest BCUT2D eigenvalue weighted by molar-refractivity contribution is 5.92. The van der Waals surface area contributed by atoms with Crippen molar-refractivity contribution in [2.24, 2.45) is 0 Å². The van der Waals surface area contributed by atoms with Crippen molar-refractivity contribution in [1.29, 1.82) is 0 Å². The smallest absolute Gasteiger partial charge is 0.276 e. The third-order valence-corrected chi connectivity index (χ3v) is 5.60. The average Bonchev–Trinajstić information content (AvgIpc) is 3.30. The van der Waals surface area contributed by atoms with E-state index in [1.165, 1.54) is 15.7 Å². The van der Waals surface area contributed by atoms with Crippen LogP contribution in [0.2, 0.25) is 0 Å². The zero-order valence-corrected chi connectivity index (χ0v) is 16.0. The molecule has 8 nitrogen and oxygen atoms in total. The van der Waals surface area contributed by atoms with Gasteiger partial charge in [-0.05, 0) is 43.9 Å². The summed E-state index contributed by atoms with van der Waals surface area (Å²) in [6, 6.07) is 12.8. The lowest BCUT2D eigenvalue weighted by atomic mass is 10.2. The number of nitrogens with zero attached hydrogens (tertiary/aromatic N) is 6. The van der Waals surface area contributed by atoms with E-state index in [1.54, 1.807) is 11.0 Å². The molecule has 2 fully saturated rings. The van der Waals surface area contributed by atoms with Gasteiger partial charge in [0.1, 0.15) is 0 Å². The number of benzene rings is 1. The number of likely N-dealkylation sites (tertiary alicyclic amines) is 1. The van der Waals surface area contributed by atoms with E-state index in [9.17, 15) is 9.59 Å². The van der Waals surface area contributed by atoms with E-state index in [2.05, 4.69) is 15.3 Å². The summed E-state index contributed by atoms with van der Waals surface area (Å²) < 4.78 is 1.52. The number of para-hydroxylation sites is 1. The highest BCUT2D eigenvalue weighted by Gasteiger charge is 2.32. The number of hydrogen-bond acceptors (Lipinski definition) is 5. The lowest BCUT2D eigenvalue weighted by molar-refractivity contribution is 0.0713. The van der Waals surface area contributed by atoms with Crippen LogP contribution in [0.5, 0.6) is 0 Å². The third-order valence-electron chi connectivity index (χ3n) is 5.60. The summed E-state index contributed by atoms with van der Waals surface area (Å²) in [6.45, 7) is 1.07. The first-order valence-corrected chi connectivity index (χ1v) is 10.1. The van der Waals surface area contributed by atoms with Gasteiger partial charge < -0.3 is 4.90 Å². The van der Waals surface area contributed by atoms with E-state index in [0.29, 0.717) is 24.7 Å². The van der Waals surface area contributed by atoms with Gasteiger partial charge in [0.2, 0.25) is 0 Å². The highest BCUT2D eigenvalue weighted by Crippen LogP contribution is 2.38. The van der Waals surface area contributed by atoms with Gasteiger partial charge in [0.05, 0.1) is 30.2 Å². The summed E-state index contributed by atoms with van der Waals surface area (Å²) in [6.07, 6.45) is 5.52. The van der Waals surface area contributed by atoms with Gasteiger partial charge in [-0.3, -0.25) is 9.59 Å². The Morgan fingerprint density at radius 3 is 2.66 bits per heavy atom. The monoisotopic (exact) mass is 390 g/mol. The Balaban J connectivity index is 1.34. The molecule has 1 amide bonds. The molecule has 148 valence electrons. The van der Waals surface area contributed by atoms with Gasteiger partial charge in [-0.1, -0.05) is 18.2 Å². The minimum Gasteiger partial charge on any atom is -0.332 e. The molecule has 1 aliphatic heterocycles. The quantitative estimate of drug-likeness (QED) is 0.665. The second kappa shape index (κ2) is 7.27. The molecule has 1 aromatic carbocycles. The predicted octanol–water partition coefficient (Wildman–Crippen LogP) is 2.01. The van der Waals surface area contributed by atoms with Gasteiger partial charge in [-0.25, -0.2) is 4.68 Å². The largest absolute Gasteiger partial charge is 0.332 e. The van der Waals surface area contributed by atoms with Gasteiger partial charge in [0, 0.05) is 18.5 Å². The van der Waals surface area contributed by atoms with Crippen molar-refractivity contribution >= 4 is 5.91 Å². The fourth-order valence-corrected chi connectivity index (χ4v) is 3.88. The second-order valence-corrected chi connectivity index (χ2v) is 7.70. The average molecular weight is 390 g/mol. The molecule has 1 atom stereocenters. The van der Waals surface area contributed by atoms with Crippen LogP contribution in [0.25, 0.3) is 5.69 Å². The molecule has 29 heavy (non-hydrogen) atoms. The van der Waals surface area contributed by atoms with Crippen molar-refractivity contribution in [2.75, 3.05) is 6.54 Å². The summed E-state index contributed by atoms with van der Waals surface area (Å²) in [4.78, 5) is 28.6. The van der Waals surface area contributed by atoms with E-state index < -0.39 is 0 Å². The van der Waals surface area contributed by atoms with Gasteiger partial charge >= 0.3 is 0 Å². The zero-order valence-electron chi connectivity index (χ0n) is 16.0. The molecule has 2 aromatic heterocycles. The fraction of sp³-hybridized carbons (Fsp3) is 0.381. The topological polar surface area (TPSA) is 85.9 Å². The van der Waals surface area contributed by atoms with Crippen LogP contribution in [-0.2, 0) is 6.54 Å². The summed E-state index contributed by atoms with van der Waals surface area (Å²) in [5, 5.41) is 13.1. The first kappa shape index (κ1) is 17.8. The van der Waals surface area contributed by atoms with E-state index in [0.717, 1.165) is 37.1 Å². The molecule has 8 heteroatoms. The molecular formula is C21H22N6O2. The Morgan fingerprint density at radius 1 is 1.03 bits per heavy atom. The molecule has 0 bridgehead atoms. The first-order valence-electron chi connectivity index (χ1n) is 10.1. The highest BCUT2D eigenvalue weighted by atomic mass is 16.2. The molecule has 0 N–H and O–H groups in total. The number of hydrogen-bond donors (Lipinski definition) is 0. The Bertz CT molecular complexity index is 1090. The standard InChI is InChI=1S/C21H22N6O2/c28-20-11-10-18(15-8-9-15)23-26(20)14-17-7-4-12-25(17)21(29)19-13-22-27(24-19)16-5-2-1-3-6-16/h1-3,5-6,10-11,13,15,17H,4,7-9,12,14H2. The van der Waals surface area contributed by atoms with Crippen molar-refractivity contribution in [2.45, 2.75) is 44.2 Å². The molecule has 1 unspecified atom stereocenters. The Morgan fingerprint density at radius 2 is 1.86 bits per heavy atom. The maximum Gasteiger partial charge on any atom is 0.276 e. The SMILES string of the molecule is O=C(c1cnn(-c2ccccc2)n1)N1CCCC1Cn1nc(C2CC2)ccc1=O. The number of aromatic nitrogens is 5. The van der Waals surface area contributed by atoms with Crippen molar-refractivity contribution < 1.29 is 4.79 Å². The molecular weight excluding hydrogens is 368 g/mol. The van der Waals surface area contributed by atoms with Crippen LogP contribution in [0.4, 0.5) is 0 Å². The molecule has 0 radical (unpaired) electrons. The Hall–Kier alpha value is -3.29. The molecule has 0 spiro atoms. The number of carbonyl (C=O) groups excluding carboxylic acids is 1. The normalized spacial score (nSPS) is 18.9. The van der Waals surface area contributed by atoms with Crippen molar-refractivity contribution in [3.8, 4) is 5.69 Å². The Labute approximate surface area is 167 Å². The molecule has 1 aliphatic carbocycles. The summed E-state index contributed by atoms with van der Waals surface area (Å²) in [7, 11) is 0. The summed E-state index contributed by atoms with van der Waals surface area (Å²) in [5.74, 6) is 0.331. The van der Waals surface area contributed by atoms with Gasteiger partial charge in [-0.15, -0.1) is 5.10 Å². The molecule has 3 heterocycles. The van der Waals surface area contributed by atoms with Gasteiger partial charge in [0.25, 0.3) is 11.5 Å². The van der Waals surface area contributed by atoms with Crippen LogP contribution in [0.1, 0.15) is 47.8 Å². The van der Waals surface area contributed by atoms with E-state index in [1.807, 2.05) is 36.4 Å². The van der Waals surface area contributed by atoms with Crippen LogP contribution in [0.15, 0.2) is 53.5 Å². The minimum atomic E-state index is -0.152. The van der Waals surface area contributed by atoms with Crippen LogP contribution < -0.4 is 5.56 Å². The first-order chi connectivity index (χ1) is 14.2. The molecule has 5 rings (SSSR count). The van der Waals surface area contributed by atoms with Gasteiger partial charge in [-0.2, -0.15) is 15.0 Å². The van der Waals surface area contributed by atoms with Gasteiger partial charge in [0.15, 0.2) is 5.69 Å². The van der Waals surface area contributed by atoms with E-state index in [4.69, 9.17) is 0 Å². The number of amides is 1. The maximum atomic E-state index is 13.1. The molecule has 2 aliphatic rings. The van der Waals surface area contributed by atoms with Crippen LogP contribution in [0, 0.1) is 0 Å². The number of carbonyl (C=O) groups is 1. The lowest BCUT2D eigenvalue weighted by Gasteiger charge is -2.24. The third kappa shape index (κ3) is 3.57. The fourth-order valence-electron chi connectivity index (χ4n) is 3.88. The van der Waals surface area contributed by atoms with Crippen molar-refractivity contribution in [3.63, 3.8) is 0 Å². The lowest BCUT2D eigenvalue weighted by Crippen LogP contribution is -2.40. The van der Waals surface area contributed by atoms with Crippen LogP contribution in [-0.4, -0.2) is 48.2 Å². The van der Waals surface area contributed by atoms with Crippen molar-refractivity contribution in [3.05, 3.63) is 70.4 Å². The summed E-state index contributed by atoms with van der Waals surface area (Å²) >= 11 is 0. The molecule has 1 saturated heterocycles. The van der Waals surface area contributed by atoms with Crippen LogP contribution >= 0.6 is 0 Å². The van der Waals surface area contributed by atoms with E-state index in [-0.39, 0.29) is 17.5 Å². The van der Waals surface area contributed by atoms with Crippen LogP contribution in [0.3, 0.4) is 0 Å². The Kier molecular flexibility index (Phi) is 4.46. The molecule has 3 aromatic rings.